The molecular formula is C31H22FIN2O4S. The van der Waals surface area contributed by atoms with Gasteiger partial charge in [-0.25, -0.2) is 4.39 Å². The smallest absolute Gasteiger partial charge is 0.270 e. The molecule has 40 heavy (non-hydrogen) atoms. The van der Waals surface area contributed by atoms with Gasteiger partial charge in [-0.15, -0.1) is 0 Å². The minimum atomic E-state index is -0.534. The van der Waals surface area contributed by atoms with Gasteiger partial charge in [-0.1, -0.05) is 48.5 Å². The summed E-state index contributed by atoms with van der Waals surface area (Å²) in [7, 11) is 1.50. The largest absolute Gasteiger partial charge is 0.493 e. The van der Waals surface area contributed by atoms with Crippen molar-refractivity contribution in [2.24, 2.45) is 0 Å². The van der Waals surface area contributed by atoms with Crippen LogP contribution in [0.25, 0.3) is 6.08 Å². The first kappa shape index (κ1) is 27.5. The van der Waals surface area contributed by atoms with Crippen LogP contribution < -0.4 is 19.3 Å². The van der Waals surface area contributed by atoms with Crippen molar-refractivity contribution in [2.75, 3.05) is 16.9 Å². The molecule has 5 rings (SSSR count). The molecule has 1 fully saturated rings. The highest BCUT2D eigenvalue weighted by molar-refractivity contribution is 14.1. The summed E-state index contributed by atoms with van der Waals surface area (Å²) < 4.78 is 25.8. The number of hydrogen-bond acceptors (Lipinski definition) is 5. The number of carbonyl (C=O) groups excluding carboxylic acids is 2. The van der Waals surface area contributed by atoms with E-state index in [0.717, 1.165) is 0 Å². The molecule has 0 N–H and O–H groups in total. The normalized spacial score (nSPS) is 13.5. The predicted octanol–water partition coefficient (Wildman–Crippen LogP) is 6.77. The number of carbonyl (C=O) groups is 2. The van der Waals surface area contributed by atoms with Gasteiger partial charge in [0, 0.05) is 0 Å². The third-order valence-corrected chi connectivity index (χ3v) is 7.28. The number of para-hydroxylation sites is 2. The van der Waals surface area contributed by atoms with Crippen molar-refractivity contribution in [1.82, 2.24) is 0 Å². The van der Waals surface area contributed by atoms with Crippen molar-refractivity contribution in [2.45, 2.75) is 6.61 Å². The lowest BCUT2D eigenvalue weighted by molar-refractivity contribution is -0.120. The number of methoxy groups -OCH3 is 1. The highest BCUT2D eigenvalue weighted by Gasteiger charge is 2.41. The number of nitrogens with zero attached hydrogens (tertiary/aromatic N) is 2. The Morgan fingerprint density at radius 2 is 1.45 bits per heavy atom. The molecule has 9 heteroatoms. The van der Waals surface area contributed by atoms with Gasteiger partial charge in [-0.2, -0.15) is 0 Å². The lowest BCUT2D eigenvalue weighted by Gasteiger charge is -2.36. The number of halogens is 2. The van der Waals surface area contributed by atoms with E-state index in [1.54, 1.807) is 72.8 Å². The van der Waals surface area contributed by atoms with Gasteiger partial charge >= 0.3 is 0 Å². The molecule has 1 aliphatic heterocycles. The van der Waals surface area contributed by atoms with E-state index >= 15 is 0 Å². The molecule has 0 radical (unpaired) electrons. The molecule has 0 atom stereocenters. The Morgan fingerprint density at radius 1 is 0.850 bits per heavy atom. The van der Waals surface area contributed by atoms with E-state index in [9.17, 15) is 14.0 Å². The fourth-order valence-electron chi connectivity index (χ4n) is 4.25. The minimum Gasteiger partial charge on any atom is -0.493 e. The van der Waals surface area contributed by atoms with Crippen LogP contribution in [0.1, 0.15) is 11.1 Å². The summed E-state index contributed by atoms with van der Waals surface area (Å²) in [6, 6.07) is 27.5. The fourth-order valence-corrected chi connectivity index (χ4v) is 5.41. The van der Waals surface area contributed by atoms with E-state index in [1.165, 1.54) is 35.1 Å². The number of thiocarbonyl (C=S) groups is 1. The average Bonchev–Trinajstić information content (AvgIpc) is 2.96. The quantitative estimate of drug-likeness (QED) is 0.0946. The zero-order chi connectivity index (χ0) is 28.2. The predicted molar refractivity (Wildman–Crippen MR) is 165 cm³/mol. The first-order valence-corrected chi connectivity index (χ1v) is 13.7. The summed E-state index contributed by atoms with van der Waals surface area (Å²) in [6.45, 7) is 0.136. The SMILES string of the molecule is COc1cc(C=C2C(=O)N(c3ccccc3)C(=S)N(c3ccccc3)C2=O)cc(I)c1OCc1cccc(F)c1. The molecule has 0 bridgehead atoms. The van der Waals surface area contributed by atoms with Gasteiger partial charge in [0.1, 0.15) is 18.0 Å². The molecule has 0 spiro atoms. The van der Waals surface area contributed by atoms with E-state index in [-0.39, 0.29) is 23.1 Å². The molecular weight excluding hydrogens is 642 g/mol. The number of rotatable bonds is 7. The maximum Gasteiger partial charge on any atom is 0.270 e. The maximum absolute atomic E-state index is 13.8. The number of ether oxygens (including phenoxy) is 2. The van der Waals surface area contributed by atoms with Crippen LogP contribution in [0.3, 0.4) is 0 Å². The average molecular weight is 664 g/mol. The third kappa shape index (κ3) is 5.61. The molecule has 2 amide bonds. The van der Waals surface area contributed by atoms with Gasteiger partial charge in [-0.3, -0.25) is 19.4 Å². The second-order valence-electron chi connectivity index (χ2n) is 8.75. The Labute approximate surface area is 249 Å². The van der Waals surface area contributed by atoms with E-state index in [1.807, 2.05) is 12.1 Å². The van der Waals surface area contributed by atoms with E-state index in [0.29, 0.717) is 37.6 Å². The second kappa shape index (κ2) is 12.0. The second-order valence-corrected chi connectivity index (χ2v) is 10.3. The zero-order valence-electron chi connectivity index (χ0n) is 21.2. The Kier molecular flexibility index (Phi) is 8.22. The Hall–Kier alpha value is -4.09. The molecule has 0 aromatic heterocycles. The van der Waals surface area contributed by atoms with Gasteiger partial charge in [0.25, 0.3) is 11.8 Å². The Balaban J connectivity index is 1.54. The van der Waals surface area contributed by atoms with Crippen LogP contribution in [-0.4, -0.2) is 24.0 Å². The first-order valence-electron chi connectivity index (χ1n) is 12.2. The van der Waals surface area contributed by atoms with E-state index in [2.05, 4.69) is 22.6 Å². The molecule has 4 aromatic carbocycles. The third-order valence-electron chi connectivity index (χ3n) is 6.11. The van der Waals surface area contributed by atoms with Gasteiger partial charge in [0.2, 0.25) is 0 Å². The number of anilines is 2. The molecule has 0 unspecified atom stereocenters. The van der Waals surface area contributed by atoms with Crippen molar-refractivity contribution in [3.8, 4) is 11.5 Å². The van der Waals surface area contributed by atoms with Crippen LogP contribution >= 0.6 is 34.8 Å². The highest BCUT2D eigenvalue weighted by atomic mass is 127. The lowest BCUT2D eigenvalue weighted by atomic mass is 10.0. The molecule has 1 heterocycles. The molecule has 1 aliphatic rings. The van der Waals surface area contributed by atoms with Crippen LogP contribution in [0.4, 0.5) is 15.8 Å². The highest BCUT2D eigenvalue weighted by Crippen LogP contribution is 2.36. The van der Waals surface area contributed by atoms with Crippen LogP contribution in [0.15, 0.2) is 103 Å². The van der Waals surface area contributed by atoms with Gasteiger partial charge < -0.3 is 9.47 Å². The summed E-state index contributed by atoms with van der Waals surface area (Å²) in [6.07, 6.45) is 1.53. The van der Waals surface area contributed by atoms with E-state index in [4.69, 9.17) is 21.7 Å². The minimum absolute atomic E-state index is 0.0624. The first-order chi connectivity index (χ1) is 19.4. The Morgan fingerprint density at radius 3 is 2.00 bits per heavy atom. The van der Waals surface area contributed by atoms with Crippen LogP contribution in [0.5, 0.6) is 11.5 Å². The molecule has 1 saturated heterocycles. The van der Waals surface area contributed by atoms with Crippen molar-refractivity contribution in [3.05, 3.63) is 123 Å². The lowest BCUT2D eigenvalue weighted by Crippen LogP contribution is -2.56. The standard InChI is InChI=1S/C31H22FIN2O4S/c1-38-27-18-21(17-26(33)28(27)39-19-20-9-8-10-22(32)15-20)16-25-29(36)34(23-11-4-2-5-12-23)31(40)35(30(25)37)24-13-6-3-7-14-24/h2-18H,19H2,1H3. The monoisotopic (exact) mass is 664 g/mol. The van der Waals surface area contributed by atoms with Crippen LogP contribution in [-0.2, 0) is 16.2 Å². The van der Waals surface area contributed by atoms with Gasteiger partial charge in [-0.05, 0) is 101 Å². The summed E-state index contributed by atoms with van der Waals surface area (Å²) in [5, 5.41) is 0.0674. The van der Waals surface area contributed by atoms with Crippen molar-refractivity contribution < 1.29 is 23.5 Å². The Bertz CT molecular complexity index is 1570. The number of benzene rings is 4. The van der Waals surface area contributed by atoms with Crippen molar-refractivity contribution in [3.63, 3.8) is 0 Å². The summed E-state index contributed by atoms with van der Waals surface area (Å²) >= 11 is 7.76. The molecule has 0 saturated carbocycles. The van der Waals surface area contributed by atoms with Crippen LogP contribution in [0.2, 0.25) is 0 Å². The number of amides is 2. The van der Waals surface area contributed by atoms with Gasteiger partial charge in [0.15, 0.2) is 16.6 Å². The summed E-state index contributed by atoms with van der Waals surface area (Å²) in [5.74, 6) is -0.544. The van der Waals surface area contributed by atoms with Gasteiger partial charge in [0.05, 0.1) is 22.1 Å². The molecule has 200 valence electrons. The van der Waals surface area contributed by atoms with E-state index < -0.39 is 11.8 Å². The fraction of sp³-hybridized carbons (Fsp3) is 0.0645. The molecule has 0 aliphatic carbocycles. The maximum atomic E-state index is 13.8. The number of hydrogen-bond donors (Lipinski definition) is 0. The summed E-state index contributed by atoms with van der Waals surface area (Å²) in [4.78, 5) is 30.2. The van der Waals surface area contributed by atoms with Crippen LogP contribution in [0, 0.1) is 9.39 Å². The van der Waals surface area contributed by atoms with Crippen molar-refractivity contribution >= 4 is 69.2 Å². The molecule has 4 aromatic rings. The summed E-state index contributed by atoms with van der Waals surface area (Å²) in [5.41, 5.74) is 2.26. The molecule has 6 nitrogen and oxygen atoms in total. The van der Waals surface area contributed by atoms with Crippen molar-refractivity contribution in [1.29, 1.82) is 0 Å². The zero-order valence-corrected chi connectivity index (χ0v) is 24.2. The topological polar surface area (TPSA) is 59.1 Å².